The van der Waals surface area contributed by atoms with Crippen molar-refractivity contribution in [2.45, 2.75) is 25.3 Å². The van der Waals surface area contributed by atoms with Gasteiger partial charge in [0.1, 0.15) is 16.5 Å². The minimum Gasteiger partial charge on any atom is -0.497 e. The number of rotatable bonds is 6. The molecule has 2 heterocycles. The van der Waals surface area contributed by atoms with Gasteiger partial charge in [-0.1, -0.05) is 18.3 Å². The summed E-state index contributed by atoms with van der Waals surface area (Å²) >= 11 is 1.34. The van der Waals surface area contributed by atoms with Gasteiger partial charge in [0.25, 0.3) is 10.0 Å². The number of aromatic nitrogens is 3. The van der Waals surface area contributed by atoms with Crippen LogP contribution in [0.1, 0.15) is 17.6 Å². The first-order chi connectivity index (χ1) is 11.9. The molecule has 1 aromatic carbocycles. The molecule has 0 radical (unpaired) electrons. The molecule has 0 aliphatic heterocycles. The van der Waals surface area contributed by atoms with Crippen LogP contribution in [0.5, 0.6) is 11.5 Å². The third kappa shape index (κ3) is 3.14. The van der Waals surface area contributed by atoms with Crippen molar-refractivity contribution in [3.8, 4) is 11.5 Å². The zero-order valence-corrected chi connectivity index (χ0v) is 15.9. The van der Waals surface area contributed by atoms with Gasteiger partial charge < -0.3 is 9.47 Å². The maximum atomic E-state index is 13.0. The first-order valence-corrected chi connectivity index (χ1v) is 9.79. The molecule has 25 heavy (non-hydrogen) atoms. The molecule has 0 atom stereocenters. The Hall–Kier alpha value is -2.33. The Morgan fingerprint density at radius 2 is 2.04 bits per heavy atom. The van der Waals surface area contributed by atoms with Gasteiger partial charge in [-0.3, -0.25) is 4.72 Å². The molecular weight excluding hydrogens is 364 g/mol. The molecular formula is C15H18N4O4S2. The fourth-order valence-electron chi connectivity index (χ4n) is 2.45. The Kier molecular flexibility index (Phi) is 4.56. The summed E-state index contributed by atoms with van der Waals surface area (Å²) in [4.78, 5) is 4.93. The molecule has 0 aliphatic rings. The number of nitrogens with one attached hydrogen (secondary N) is 1. The maximum Gasteiger partial charge on any atom is 0.281 e. The predicted molar refractivity (Wildman–Crippen MR) is 95.3 cm³/mol. The minimum absolute atomic E-state index is 0.0409. The molecule has 0 fully saturated rings. The number of anilines is 1. The van der Waals surface area contributed by atoms with Gasteiger partial charge in [0, 0.05) is 6.07 Å². The highest BCUT2D eigenvalue weighted by Gasteiger charge is 2.27. The lowest BCUT2D eigenvalue weighted by Crippen LogP contribution is -2.18. The second-order valence-electron chi connectivity index (χ2n) is 5.20. The Bertz CT molecular complexity index is 1020. The van der Waals surface area contributed by atoms with Crippen molar-refractivity contribution in [2.24, 2.45) is 0 Å². The molecule has 134 valence electrons. The van der Waals surface area contributed by atoms with Crippen molar-refractivity contribution in [1.29, 1.82) is 0 Å². The standard InChI is InChI=1S/C15H18N4O4S2/c1-5-11-14(19-15(16-11)24-9(2)17-19)25(20,21)18-12-8-10(22-3)6-7-13(12)23-4/h6-8,18H,5H2,1-4H3. The summed E-state index contributed by atoms with van der Waals surface area (Å²) in [7, 11) is -0.947. The average Bonchev–Trinajstić information content (AvgIpc) is 3.09. The van der Waals surface area contributed by atoms with Crippen molar-refractivity contribution < 1.29 is 17.9 Å². The molecule has 0 aliphatic carbocycles. The van der Waals surface area contributed by atoms with Crippen molar-refractivity contribution in [2.75, 3.05) is 18.9 Å². The smallest absolute Gasteiger partial charge is 0.281 e. The van der Waals surface area contributed by atoms with E-state index in [1.807, 2.05) is 6.92 Å². The first-order valence-electron chi connectivity index (χ1n) is 7.49. The summed E-state index contributed by atoms with van der Waals surface area (Å²) < 4.78 is 40.4. The molecule has 0 saturated heterocycles. The number of nitrogens with zero attached hydrogens (tertiary/aromatic N) is 3. The van der Waals surface area contributed by atoms with Crippen LogP contribution in [-0.2, 0) is 16.4 Å². The molecule has 0 spiro atoms. The maximum absolute atomic E-state index is 13.0. The van der Waals surface area contributed by atoms with Crippen LogP contribution in [0.25, 0.3) is 4.96 Å². The van der Waals surface area contributed by atoms with E-state index in [0.29, 0.717) is 28.6 Å². The summed E-state index contributed by atoms with van der Waals surface area (Å²) in [6.07, 6.45) is 0.473. The summed E-state index contributed by atoms with van der Waals surface area (Å²) in [6, 6.07) is 4.89. The van der Waals surface area contributed by atoms with Crippen LogP contribution in [0.15, 0.2) is 23.2 Å². The Morgan fingerprint density at radius 3 is 2.68 bits per heavy atom. The van der Waals surface area contributed by atoms with E-state index in [0.717, 1.165) is 5.01 Å². The van der Waals surface area contributed by atoms with Crippen LogP contribution in [0.2, 0.25) is 0 Å². The molecule has 3 aromatic rings. The fraction of sp³-hybridized carbons (Fsp3) is 0.333. The van der Waals surface area contributed by atoms with E-state index in [-0.39, 0.29) is 10.7 Å². The molecule has 1 N–H and O–H groups in total. The van der Waals surface area contributed by atoms with Gasteiger partial charge in [-0.15, -0.1) is 0 Å². The largest absolute Gasteiger partial charge is 0.497 e. The van der Waals surface area contributed by atoms with E-state index in [9.17, 15) is 8.42 Å². The summed E-state index contributed by atoms with van der Waals surface area (Å²) in [5.41, 5.74) is 0.749. The van der Waals surface area contributed by atoms with Crippen molar-refractivity contribution in [1.82, 2.24) is 14.6 Å². The molecule has 0 bridgehead atoms. The number of hydrogen-bond acceptors (Lipinski definition) is 7. The summed E-state index contributed by atoms with van der Waals surface area (Å²) in [5.74, 6) is 0.898. The summed E-state index contributed by atoms with van der Waals surface area (Å²) in [5, 5.41) is 5.04. The second-order valence-corrected chi connectivity index (χ2v) is 7.96. The van der Waals surface area contributed by atoms with E-state index in [1.165, 1.54) is 30.1 Å². The number of imidazole rings is 1. The van der Waals surface area contributed by atoms with Gasteiger partial charge in [-0.25, -0.2) is 4.98 Å². The van der Waals surface area contributed by atoms with Crippen LogP contribution in [-0.4, -0.2) is 37.2 Å². The number of benzene rings is 1. The molecule has 0 saturated carbocycles. The predicted octanol–water partition coefficient (Wildman–Crippen LogP) is 2.48. The average molecular weight is 382 g/mol. The zero-order chi connectivity index (χ0) is 18.2. The van der Waals surface area contributed by atoms with Crippen molar-refractivity contribution >= 4 is 32.0 Å². The lowest BCUT2D eigenvalue weighted by molar-refractivity contribution is 0.405. The summed E-state index contributed by atoms with van der Waals surface area (Å²) in [6.45, 7) is 3.66. The molecule has 10 heteroatoms. The number of ether oxygens (including phenoxy) is 2. The van der Waals surface area contributed by atoms with Crippen LogP contribution in [0.4, 0.5) is 5.69 Å². The Labute approximate surface area is 149 Å². The van der Waals surface area contributed by atoms with Crippen molar-refractivity contribution in [3.05, 3.63) is 28.9 Å². The van der Waals surface area contributed by atoms with Gasteiger partial charge in [-0.05, 0) is 25.5 Å². The van der Waals surface area contributed by atoms with Crippen LogP contribution in [0, 0.1) is 6.92 Å². The fourth-order valence-corrected chi connectivity index (χ4v) is 4.67. The lowest BCUT2D eigenvalue weighted by atomic mass is 10.3. The number of sulfonamides is 1. The topological polar surface area (TPSA) is 94.8 Å². The van der Waals surface area contributed by atoms with Crippen molar-refractivity contribution in [3.63, 3.8) is 0 Å². The Morgan fingerprint density at radius 1 is 1.28 bits per heavy atom. The van der Waals surface area contributed by atoms with E-state index in [2.05, 4.69) is 14.8 Å². The number of hydrogen-bond donors (Lipinski definition) is 1. The monoisotopic (exact) mass is 382 g/mol. The molecule has 3 rings (SSSR count). The first kappa shape index (κ1) is 17.5. The second kappa shape index (κ2) is 6.52. The number of aryl methyl sites for hydroxylation is 2. The highest BCUT2D eigenvalue weighted by Crippen LogP contribution is 2.32. The third-order valence-corrected chi connectivity index (χ3v) is 5.80. The van der Waals surface area contributed by atoms with E-state index >= 15 is 0 Å². The molecule has 0 amide bonds. The van der Waals surface area contributed by atoms with E-state index in [1.54, 1.807) is 25.1 Å². The highest BCUT2D eigenvalue weighted by atomic mass is 32.2. The van der Waals surface area contributed by atoms with E-state index in [4.69, 9.17) is 9.47 Å². The number of fused-ring (bicyclic) bond motifs is 1. The highest BCUT2D eigenvalue weighted by molar-refractivity contribution is 7.92. The quantitative estimate of drug-likeness (QED) is 0.704. The van der Waals surface area contributed by atoms with Crippen LogP contribution in [0.3, 0.4) is 0 Å². The zero-order valence-electron chi connectivity index (χ0n) is 14.2. The van der Waals surface area contributed by atoms with Gasteiger partial charge in [-0.2, -0.15) is 18.0 Å². The van der Waals surface area contributed by atoms with Gasteiger partial charge >= 0.3 is 0 Å². The van der Waals surface area contributed by atoms with E-state index < -0.39 is 10.0 Å². The SMILES string of the molecule is CCc1nc2sc(C)nn2c1S(=O)(=O)Nc1cc(OC)ccc1OC. The molecule has 8 nitrogen and oxygen atoms in total. The van der Waals surface area contributed by atoms with Gasteiger partial charge in [0.15, 0.2) is 0 Å². The van der Waals surface area contributed by atoms with Gasteiger partial charge in [0.2, 0.25) is 9.99 Å². The van der Waals surface area contributed by atoms with Gasteiger partial charge in [0.05, 0.1) is 25.6 Å². The normalized spacial score (nSPS) is 11.7. The minimum atomic E-state index is -3.92. The molecule has 2 aromatic heterocycles. The third-order valence-electron chi connectivity index (χ3n) is 3.57. The molecule has 0 unspecified atom stereocenters. The number of methoxy groups -OCH3 is 2. The lowest BCUT2D eigenvalue weighted by Gasteiger charge is -2.13. The van der Waals surface area contributed by atoms with Crippen LogP contribution < -0.4 is 14.2 Å². The Balaban J connectivity index is 2.12. The van der Waals surface area contributed by atoms with Crippen LogP contribution >= 0.6 is 11.3 Å².